The van der Waals surface area contributed by atoms with Gasteiger partial charge in [0.15, 0.2) is 0 Å². The molecule has 0 spiro atoms. The maximum atomic E-state index is 12.7. The van der Waals surface area contributed by atoms with Gasteiger partial charge >= 0.3 is 0 Å². The molecule has 0 radical (unpaired) electrons. The predicted molar refractivity (Wildman–Crippen MR) is 94.1 cm³/mol. The Morgan fingerprint density at radius 1 is 1.08 bits per heavy atom. The molecule has 0 bridgehead atoms. The Morgan fingerprint density at radius 3 is 2.77 bits per heavy atom. The number of hydrogen-bond acceptors (Lipinski definition) is 6. The zero-order chi connectivity index (χ0) is 17.8. The van der Waals surface area contributed by atoms with Crippen molar-refractivity contribution in [2.24, 2.45) is 0 Å². The van der Waals surface area contributed by atoms with E-state index in [0.717, 1.165) is 17.0 Å². The normalized spacial score (nSPS) is 17.1. The first-order valence-electron chi connectivity index (χ1n) is 8.34. The van der Waals surface area contributed by atoms with Gasteiger partial charge in [-0.25, -0.2) is 15.0 Å². The average Bonchev–Trinajstić information content (AvgIpc) is 2.75. The molecule has 4 rings (SSSR count). The second-order valence-electron chi connectivity index (χ2n) is 5.93. The third kappa shape index (κ3) is 3.43. The van der Waals surface area contributed by atoms with Gasteiger partial charge in [0.25, 0.3) is 5.91 Å². The molecule has 130 valence electrons. The number of hydrogen-bond donors (Lipinski definition) is 0. The lowest BCUT2D eigenvalue weighted by Crippen LogP contribution is -2.42. The molecule has 1 unspecified atom stereocenters. The minimum absolute atomic E-state index is 0.0426. The highest BCUT2D eigenvalue weighted by atomic mass is 16.5. The van der Waals surface area contributed by atoms with Crippen LogP contribution in [0.5, 0.6) is 0 Å². The number of rotatable bonds is 3. The molecule has 3 aromatic rings. The van der Waals surface area contributed by atoms with Crippen LogP contribution in [-0.2, 0) is 4.74 Å². The summed E-state index contributed by atoms with van der Waals surface area (Å²) in [5, 5.41) is 0. The van der Waals surface area contributed by atoms with Gasteiger partial charge in [-0.05, 0) is 24.3 Å². The summed E-state index contributed by atoms with van der Waals surface area (Å²) in [5.74, 6) is -0.0426. The van der Waals surface area contributed by atoms with Crippen LogP contribution < -0.4 is 0 Å². The smallest absolute Gasteiger partial charge is 0.255 e. The highest BCUT2D eigenvalue weighted by Gasteiger charge is 2.27. The molecule has 4 heterocycles. The number of morpholine rings is 1. The van der Waals surface area contributed by atoms with Crippen LogP contribution in [-0.4, -0.2) is 50.4 Å². The minimum Gasteiger partial charge on any atom is -0.368 e. The summed E-state index contributed by atoms with van der Waals surface area (Å²) in [6.45, 7) is 1.48. The summed E-state index contributed by atoms with van der Waals surface area (Å²) >= 11 is 0. The fraction of sp³-hybridized carbons (Fsp3) is 0.211. The zero-order valence-corrected chi connectivity index (χ0v) is 14.0. The van der Waals surface area contributed by atoms with Gasteiger partial charge in [0.2, 0.25) is 0 Å². The summed E-state index contributed by atoms with van der Waals surface area (Å²) < 4.78 is 5.87. The van der Waals surface area contributed by atoms with Gasteiger partial charge in [0.1, 0.15) is 12.4 Å². The van der Waals surface area contributed by atoms with Gasteiger partial charge in [-0.1, -0.05) is 6.07 Å². The van der Waals surface area contributed by atoms with Crippen molar-refractivity contribution in [3.8, 4) is 11.3 Å². The first-order chi connectivity index (χ1) is 12.8. The quantitative estimate of drug-likeness (QED) is 0.722. The van der Waals surface area contributed by atoms with Crippen LogP contribution in [0.1, 0.15) is 22.2 Å². The average molecular weight is 347 g/mol. The number of nitrogens with zero attached hydrogens (tertiary/aromatic N) is 5. The minimum atomic E-state index is -0.269. The van der Waals surface area contributed by atoms with Crippen LogP contribution in [0.4, 0.5) is 0 Å². The van der Waals surface area contributed by atoms with Crippen LogP contribution in [0, 0.1) is 0 Å². The summed E-state index contributed by atoms with van der Waals surface area (Å²) in [6.07, 6.45) is 7.90. The summed E-state index contributed by atoms with van der Waals surface area (Å²) in [5.41, 5.74) is 2.99. The molecule has 7 nitrogen and oxygen atoms in total. The number of ether oxygens (including phenoxy) is 1. The van der Waals surface area contributed by atoms with Gasteiger partial charge < -0.3 is 9.64 Å². The van der Waals surface area contributed by atoms with E-state index in [1.807, 2.05) is 18.2 Å². The van der Waals surface area contributed by atoms with Crippen LogP contribution in [0.2, 0.25) is 0 Å². The Hall–Kier alpha value is -3.19. The van der Waals surface area contributed by atoms with Crippen LogP contribution >= 0.6 is 0 Å². The highest BCUT2D eigenvalue weighted by Crippen LogP contribution is 2.24. The molecule has 1 aliphatic rings. The second kappa shape index (κ2) is 7.37. The molecule has 1 aliphatic heterocycles. The van der Waals surface area contributed by atoms with E-state index in [1.54, 1.807) is 41.8 Å². The lowest BCUT2D eigenvalue weighted by atomic mass is 10.1. The first kappa shape index (κ1) is 16.3. The molecule has 3 aromatic heterocycles. The molecule has 1 saturated heterocycles. The fourth-order valence-corrected chi connectivity index (χ4v) is 2.91. The van der Waals surface area contributed by atoms with Crippen molar-refractivity contribution in [2.45, 2.75) is 6.10 Å². The van der Waals surface area contributed by atoms with Gasteiger partial charge in [0, 0.05) is 36.9 Å². The van der Waals surface area contributed by atoms with E-state index in [0.29, 0.717) is 25.3 Å². The van der Waals surface area contributed by atoms with E-state index in [9.17, 15) is 4.79 Å². The third-order valence-corrected chi connectivity index (χ3v) is 4.22. The molecule has 0 aromatic carbocycles. The summed E-state index contributed by atoms with van der Waals surface area (Å²) in [4.78, 5) is 31.2. The SMILES string of the molecule is O=C(c1cccnc1)N1CCOC(c2cccc(-c3cncnc3)n2)C1. The zero-order valence-electron chi connectivity index (χ0n) is 14.0. The Bertz CT molecular complexity index is 889. The van der Waals surface area contributed by atoms with E-state index in [2.05, 4.69) is 19.9 Å². The van der Waals surface area contributed by atoms with Crippen molar-refractivity contribution in [3.63, 3.8) is 0 Å². The van der Waals surface area contributed by atoms with E-state index in [-0.39, 0.29) is 12.0 Å². The van der Waals surface area contributed by atoms with E-state index >= 15 is 0 Å². The van der Waals surface area contributed by atoms with Crippen molar-refractivity contribution in [1.29, 1.82) is 0 Å². The fourth-order valence-electron chi connectivity index (χ4n) is 2.91. The van der Waals surface area contributed by atoms with Crippen LogP contribution in [0.3, 0.4) is 0 Å². The molecule has 26 heavy (non-hydrogen) atoms. The number of aromatic nitrogens is 4. The van der Waals surface area contributed by atoms with Crippen molar-refractivity contribution in [2.75, 3.05) is 19.7 Å². The van der Waals surface area contributed by atoms with Gasteiger partial charge in [-0.2, -0.15) is 0 Å². The molecule has 1 fully saturated rings. The molecular formula is C19H17N5O2. The third-order valence-electron chi connectivity index (χ3n) is 4.22. The lowest BCUT2D eigenvalue weighted by molar-refractivity contribution is -0.0246. The Morgan fingerprint density at radius 2 is 1.96 bits per heavy atom. The molecule has 1 atom stereocenters. The standard InChI is InChI=1S/C19H17N5O2/c25-19(14-3-2-6-20-9-14)24-7-8-26-18(12-24)17-5-1-4-16(23-17)15-10-21-13-22-11-15/h1-6,9-11,13,18H,7-8,12H2. The van der Waals surface area contributed by atoms with E-state index in [1.165, 1.54) is 6.33 Å². The summed E-state index contributed by atoms with van der Waals surface area (Å²) in [6, 6.07) is 9.28. The highest BCUT2D eigenvalue weighted by molar-refractivity contribution is 5.93. The largest absolute Gasteiger partial charge is 0.368 e. The molecule has 0 aliphatic carbocycles. The number of carbonyl (C=O) groups is 1. The van der Waals surface area contributed by atoms with Crippen LogP contribution in [0.15, 0.2) is 61.4 Å². The molecule has 1 amide bonds. The number of amides is 1. The maximum Gasteiger partial charge on any atom is 0.255 e. The Kier molecular flexibility index (Phi) is 4.61. The maximum absolute atomic E-state index is 12.7. The second-order valence-corrected chi connectivity index (χ2v) is 5.93. The molecule has 7 heteroatoms. The van der Waals surface area contributed by atoms with E-state index in [4.69, 9.17) is 4.74 Å². The monoisotopic (exact) mass is 347 g/mol. The van der Waals surface area contributed by atoms with Crippen LogP contribution in [0.25, 0.3) is 11.3 Å². The van der Waals surface area contributed by atoms with Crippen molar-refractivity contribution >= 4 is 5.91 Å². The van der Waals surface area contributed by atoms with Gasteiger partial charge in [-0.3, -0.25) is 9.78 Å². The molecule has 0 saturated carbocycles. The van der Waals surface area contributed by atoms with Gasteiger partial charge in [0.05, 0.1) is 30.1 Å². The summed E-state index contributed by atoms with van der Waals surface area (Å²) in [7, 11) is 0. The Balaban J connectivity index is 1.54. The first-order valence-corrected chi connectivity index (χ1v) is 8.34. The number of pyridine rings is 2. The van der Waals surface area contributed by atoms with Crippen molar-refractivity contribution in [1.82, 2.24) is 24.8 Å². The van der Waals surface area contributed by atoms with Crippen molar-refractivity contribution in [3.05, 3.63) is 72.7 Å². The Labute approximate surface area is 150 Å². The van der Waals surface area contributed by atoms with Gasteiger partial charge in [-0.15, -0.1) is 0 Å². The molecule has 0 N–H and O–H groups in total. The molecular weight excluding hydrogens is 330 g/mol. The lowest BCUT2D eigenvalue weighted by Gasteiger charge is -2.32. The van der Waals surface area contributed by atoms with Crippen molar-refractivity contribution < 1.29 is 9.53 Å². The topological polar surface area (TPSA) is 81.1 Å². The number of carbonyl (C=O) groups excluding carboxylic acids is 1. The predicted octanol–water partition coefficient (Wildman–Crippen LogP) is 2.15. The van der Waals surface area contributed by atoms with E-state index < -0.39 is 0 Å².